The van der Waals surface area contributed by atoms with Gasteiger partial charge in [-0.15, -0.1) is 10.2 Å². The molecular weight excluding hydrogens is 322 g/mol. The number of rotatable bonds is 6. The van der Waals surface area contributed by atoms with Crippen LogP contribution in [0.25, 0.3) is 0 Å². The highest BCUT2D eigenvalue weighted by molar-refractivity contribution is 8.00. The van der Waals surface area contributed by atoms with Crippen molar-refractivity contribution in [3.05, 3.63) is 77.6 Å². The van der Waals surface area contributed by atoms with Gasteiger partial charge in [0.25, 0.3) is 0 Å². The highest BCUT2D eigenvalue weighted by Crippen LogP contribution is 2.34. The summed E-state index contributed by atoms with van der Waals surface area (Å²) in [5.41, 5.74) is 1.86. The molecule has 1 aromatic heterocycles. The maximum absolute atomic E-state index is 11.7. The summed E-state index contributed by atoms with van der Waals surface area (Å²) in [6.07, 6.45) is 0. The topological polar surface area (TPSA) is 68.0 Å². The number of benzene rings is 2. The normalized spacial score (nSPS) is 12.0. The van der Waals surface area contributed by atoms with Gasteiger partial charge in [0.15, 0.2) is 5.16 Å². The molecule has 1 N–H and O–H groups in total. The number of thioether (sulfide) groups is 1. The van der Waals surface area contributed by atoms with E-state index in [4.69, 9.17) is 0 Å². The lowest BCUT2D eigenvalue weighted by Gasteiger charge is -2.13. The van der Waals surface area contributed by atoms with Crippen molar-refractivity contribution in [2.24, 2.45) is 0 Å². The number of carboxylic acid groups (broad SMARTS) is 1. The molecule has 3 aromatic rings. The molecule has 0 saturated heterocycles. The van der Waals surface area contributed by atoms with Gasteiger partial charge in [0.2, 0.25) is 0 Å². The quantitative estimate of drug-likeness (QED) is 0.696. The van der Waals surface area contributed by atoms with Gasteiger partial charge in [0, 0.05) is 0 Å². The molecule has 0 aliphatic rings. The lowest BCUT2D eigenvalue weighted by atomic mass is 10.1. The van der Waals surface area contributed by atoms with Crippen molar-refractivity contribution < 1.29 is 9.90 Å². The first kappa shape index (κ1) is 16.3. The number of aliphatic carboxylic acids is 1. The first-order chi connectivity index (χ1) is 11.6. The molecule has 5 nitrogen and oxygen atoms in total. The van der Waals surface area contributed by atoms with E-state index < -0.39 is 11.2 Å². The highest BCUT2D eigenvalue weighted by Gasteiger charge is 2.24. The zero-order valence-corrected chi connectivity index (χ0v) is 14.0. The van der Waals surface area contributed by atoms with Crippen molar-refractivity contribution >= 4 is 17.7 Å². The van der Waals surface area contributed by atoms with Crippen molar-refractivity contribution in [1.82, 2.24) is 14.8 Å². The van der Waals surface area contributed by atoms with Crippen LogP contribution in [0.2, 0.25) is 0 Å². The Morgan fingerprint density at radius 2 is 1.71 bits per heavy atom. The number of hydrogen-bond donors (Lipinski definition) is 1. The highest BCUT2D eigenvalue weighted by atomic mass is 32.2. The van der Waals surface area contributed by atoms with Crippen molar-refractivity contribution in [3.8, 4) is 0 Å². The molecule has 6 heteroatoms. The Morgan fingerprint density at radius 1 is 1.08 bits per heavy atom. The average molecular weight is 339 g/mol. The SMILES string of the molecule is Cc1nnc(S[C@@H](C(=O)O)c2ccccc2)n1Cc1ccccc1. The van der Waals surface area contributed by atoms with E-state index in [0.717, 1.165) is 17.0 Å². The summed E-state index contributed by atoms with van der Waals surface area (Å²) in [6, 6.07) is 19.2. The minimum Gasteiger partial charge on any atom is -0.480 e. The second kappa shape index (κ2) is 7.31. The first-order valence-corrected chi connectivity index (χ1v) is 8.41. The fourth-order valence-electron chi connectivity index (χ4n) is 2.39. The van der Waals surface area contributed by atoms with Gasteiger partial charge in [0.05, 0.1) is 6.54 Å². The smallest absolute Gasteiger partial charge is 0.321 e. The van der Waals surface area contributed by atoms with Crippen molar-refractivity contribution in [2.75, 3.05) is 0 Å². The number of aromatic nitrogens is 3. The lowest BCUT2D eigenvalue weighted by molar-refractivity contribution is -0.136. The minimum absolute atomic E-state index is 0.604. The van der Waals surface area contributed by atoms with E-state index in [2.05, 4.69) is 10.2 Å². The Kier molecular flexibility index (Phi) is 4.96. The van der Waals surface area contributed by atoms with Crippen LogP contribution in [0.3, 0.4) is 0 Å². The first-order valence-electron chi connectivity index (χ1n) is 7.53. The van der Waals surface area contributed by atoms with Gasteiger partial charge in [-0.05, 0) is 18.1 Å². The third-order valence-electron chi connectivity index (χ3n) is 3.64. The standard InChI is InChI=1S/C18H17N3O2S/c1-13-19-20-18(21(13)12-14-8-4-2-5-9-14)24-16(17(22)23)15-10-6-3-7-11-15/h2-11,16H,12H2,1H3,(H,22,23)/t16-/m1/s1. The Hall–Kier alpha value is -2.60. The Morgan fingerprint density at radius 3 is 2.33 bits per heavy atom. The van der Waals surface area contributed by atoms with Crippen LogP contribution in [0.5, 0.6) is 0 Å². The van der Waals surface area contributed by atoms with E-state index in [-0.39, 0.29) is 0 Å². The number of hydrogen-bond acceptors (Lipinski definition) is 4. The lowest BCUT2D eigenvalue weighted by Crippen LogP contribution is -2.10. The molecule has 0 aliphatic heterocycles. The van der Waals surface area contributed by atoms with Crippen LogP contribution in [0.15, 0.2) is 65.8 Å². The van der Waals surface area contributed by atoms with E-state index in [0.29, 0.717) is 11.7 Å². The van der Waals surface area contributed by atoms with E-state index in [9.17, 15) is 9.90 Å². The molecule has 0 amide bonds. The zero-order chi connectivity index (χ0) is 16.9. The predicted octanol–water partition coefficient (Wildman–Crippen LogP) is 3.55. The third-order valence-corrected chi connectivity index (χ3v) is 4.86. The number of nitrogens with zero attached hydrogens (tertiary/aromatic N) is 3. The molecule has 3 rings (SSSR count). The van der Waals surface area contributed by atoms with Gasteiger partial charge in [-0.3, -0.25) is 4.79 Å². The van der Waals surface area contributed by atoms with Crippen LogP contribution in [0.1, 0.15) is 22.2 Å². The van der Waals surface area contributed by atoms with Crippen LogP contribution >= 0.6 is 11.8 Å². The van der Waals surface area contributed by atoms with Gasteiger partial charge < -0.3 is 9.67 Å². The van der Waals surface area contributed by atoms with E-state index in [1.54, 1.807) is 0 Å². The molecule has 0 spiro atoms. The summed E-state index contributed by atoms with van der Waals surface area (Å²) in [5.74, 6) is -0.128. The minimum atomic E-state index is -0.891. The van der Waals surface area contributed by atoms with Crippen LogP contribution in [0, 0.1) is 6.92 Å². The Labute approximate surface area is 144 Å². The summed E-state index contributed by atoms with van der Waals surface area (Å²) in [5, 5.41) is 17.8. The molecule has 122 valence electrons. The molecule has 24 heavy (non-hydrogen) atoms. The Balaban J connectivity index is 1.88. The van der Waals surface area contributed by atoms with Gasteiger partial charge in [-0.25, -0.2) is 0 Å². The van der Waals surface area contributed by atoms with E-state index >= 15 is 0 Å². The zero-order valence-electron chi connectivity index (χ0n) is 13.2. The molecule has 0 fully saturated rings. The van der Waals surface area contributed by atoms with Gasteiger partial charge in [0.1, 0.15) is 11.1 Å². The van der Waals surface area contributed by atoms with Crippen molar-refractivity contribution in [1.29, 1.82) is 0 Å². The predicted molar refractivity (Wildman–Crippen MR) is 93.0 cm³/mol. The maximum Gasteiger partial charge on any atom is 0.321 e. The molecule has 0 bridgehead atoms. The largest absolute Gasteiger partial charge is 0.480 e. The van der Waals surface area contributed by atoms with Gasteiger partial charge in [-0.1, -0.05) is 72.4 Å². The van der Waals surface area contributed by atoms with Gasteiger partial charge in [-0.2, -0.15) is 0 Å². The van der Waals surface area contributed by atoms with E-state index in [1.165, 1.54) is 11.8 Å². The number of carbonyl (C=O) groups is 1. The molecule has 0 radical (unpaired) electrons. The van der Waals surface area contributed by atoms with Crippen LogP contribution < -0.4 is 0 Å². The van der Waals surface area contributed by atoms with Gasteiger partial charge >= 0.3 is 5.97 Å². The van der Waals surface area contributed by atoms with Crippen LogP contribution in [-0.2, 0) is 11.3 Å². The molecule has 0 saturated carbocycles. The number of aryl methyl sites for hydroxylation is 1. The number of carboxylic acids is 1. The fourth-order valence-corrected chi connectivity index (χ4v) is 3.41. The second-order valence-corrected chi connectivity index (χ2v) is 6.42. The molecule has 0 unspecified atom stereocenters. The summed E-state index contributed by atoms with van der Waals surface area (Å²) in [4.78, 5) is 11.7. The monoisotopic (exact) mass is 339 g/mol. The van der Waals surface area contributed by atoms with Crippen molar-refractivity contribution in [2.45, 2.75) is 23.9 Å². The second-order valence-electron chi connectivity index (χ2n) is 5.35. The van der Waals surface area contributed by atoms with Crippen LogP contribution in [0.4, 0.5) is 0 Å². The van der Waals surface area contributed by atoms with Crippen molar-refractivity contribution in [3.63, 3.8) is 0 Å². The maximum atomic E-state index is 11.7. The average Bonchev–Trinajstić information content (AvgIpc) is 2.94. The molecule has 0 aliphatic carbocycles. The molecule has 2 aromatic carbocycles. The summed E-state index contributed by atoms with van der Waals surface area (Å²) in [6.45, 7) is 2.49. The Bertz CT molecular complexity index is 819. The summed E-state index contributed by atoms with van der Waals surface area (Å²) >= 11 is 1.21. The van der Waals surface area contributed by atoms with Crippen LogP contribution in [-0.4, -0.2) is 25.8 Å². The molecule has 1 heterocycles. The van der Waals surface area contributed by atoms with E-state index in [1.807, 2.05) is 72.2 Å². The summed E-state index contributed by atoms with van der Waals surface area (Å²) < 4.78 is 1.94. The molecular formula is C18H17N3O2S. The fraction of sp³-hybridized carbons (Fsp3) is 0.167. The molecule has 1 atom stereocenters. The third kappa shape index (κ3) is 3.65. The summed E-state index contributed by atoms with van der Waals surface area (Å²) in [7, 11) is 0.